The van der Waals surface area contributed by atoms with Crippen molar-refractivity contribution in [1.82, 2.24) is 14.9 Å². The maximum Gasteiger partial charge on any atom is 0.293 e. The number of hydrogen-bond acceptors (Lipinski definition) is 4. The molecule has 0 spiro atoms. The average Bonchev–Trinajstić information content (AvgIpc) is 3.08. The zero-order valence-electron chi connectivity index (χ0n) is 12.2. The number of nitrogens with one attached hydrogen (secondary N) is 1. The largest absolute Gasteiger partial charge is 0.346 e. The molecule has 5 heteroatoms. The topological polar surface area (TPSA) is 50.2 Å². The molecule has 0 radical (unpaired) electrons. The third kappa shape index (κ3) is 1.65. The van der Waals surface area contributed by atoms with E-state index in [1.165, 1.54) is 0 Å². The van der Waals surface area contributed by atoms with Gasteiger partial charge in [-0.3, -0.25) is 4.79 Å². The molecule has 0 aromatic carbocycles. The van der Waals surface area contributed by atoms with Crippen LogP contribution in [0.3, 0.4) is 0 Å². The summed E-state index contributed by atoms with van der Waals surface area (Å²) < 4.78 is 1.88. The van der Waals surface area contributed by atoms with Crippen molar-refractivity contribution >= 4 is 5.82 Å². The second-order valence-corrected chi connectivity index (χ2v) is 6.98. The minimum Gasteiger partial charge on any atom is -0.346 e. The van der Waals surface area contributed by atoms with Crippen LogP contribution in [0.4, 0.5) is 5.82 Å². The van der Waals surface area contributed by atoms with Gasteiger partial charge in [-0.15, -0.1) is 0 Å². The zero-order chi connectivity index (χ0) is 13.9. The van der Waals surface area contributed by atoms with Gasteiger partial charge in [-0.05, 0) is 38.5 Å². The van der Waals surface area contributed by atoms with E-state index in [0.717, 1.165) is 32.5 Å². The molecule has 3 heterocycles. The van der Waals surface area contributed by atoms with Crippen LogP contribution in [-0.2, 0) is 0 Å². The Hall–Kier alpha value is -1.36. The number of rotatable bonds is 2. The summed E-state index contributed by atoms with van der Waals surface area (Å²) >= 11 is 0. The molecule has 5 nitrogen and oxygen atoms in total. The Kier molecular flexibility index (Phi) is 2.52. The Labute approximate surface area is 119 Å². The fourth-order valence-electron chi connectivity index (χ4n) is 4.02. The van der Waals surface area contributed by atoms with Crippen LogP contribution in [0.5, 0.6) is 0 Å². The third-order valence-corrected chi connectivity index (χ3v) is 5.41. The van der Waals surface area contributed by atoms with Crippen LogP contribution in [0, 0.1) is 11.8 Å². The molecule has 1 saturated carbocycles. The predicted octanol–water partition coefficient (Wildman–Crippen LogP) is 1.01. The number of nitrogens with zero attached hydrogens (tertiary/aromatic N) is 3. The Morgan fingerprint density at radius 2 is 2.15 bits per heavy atom. The van der Waals surface area contributed by atoms with Gasteiger partial charge in [0.05, 0.1) is 0 Å². The number of aromatic nitrogens is 2. The van der Waals surface area contributed by atoms with E-state index in [1.54, 1.807) is 6.20 Å². The van der Waals surface area contributed by atoms with Gasteiger partial charge in [0.1, 0.15) is 0 Å². The molecule has 108 valence electrons. The van der Waals surface area contributed by atoms with Gasteiger partial charge in [-0.1, -0.05) is 0 Å². The molecule has 4 rings (SSSR count). The van der Waals surface area contributed by atoms with Gasteiger partial charge < -0.3 is 14.8 Å². The maximum absolute atomic E-state index is 12.7. The highest BCUT2D eigenvalue weighted by molar-refractivity contribution is 5.43. The highest BCUT2D eigenvalue weighted by Gasteiger charge is 2.50. The quantitative estimate of drug-likeness (QED) is 0.874. The molecule has 1 aromatic heterocycles. The normalized spacial score (nSPS) is 31.6. The standard InChI is InChI=1S/C15H22N4O/c1-15(2)12-8-16-7-10(12)9-19(15)13-14(20)18(6-5-17-13)11-3-4-11/h5-6,10-12,16H,3-4,7-9H2,1-2H3. The Morgan fingerprint density at radius 3 is 2.85 bits per heavy atom. The first kappa shape index (κ1) is 12.4. The zero-order valence-corrected chi connectivity index (χ0v) is 12.2. The molecule has 0 amide bonds. The predicted molar refractivity (Wildman–Crippen MR) is 78.0 cm³/mol. The molecule has 20 heavy (non-hydrogen) atoms. The summed E-state index contributed by atoms with van der Waals surface area (Å²) in [7, 11) is 0. The molecule has 2 atom stereocenters. The molecule has 2 unspecified atom stereocenters. The van der Waals surface area contributed by atoms with Crippen molar-refractivity contribution in [2.75, 3.05) is 24.5 Å². The summed E-state index contributed by atoms with van der Waals surface area (Å²) in [5.41, 5.74) is 0.0966. The van der Waals surface area contributed by atoms with Gasteiger partial charge >= 0.3 is 0 Å². The second-order valence-electron chi connectivity index (χ2n) is 6.98. The first-order chi connectivity index (χ1) is 9.59. The van der Waals surface area contributed by atoms with E-state index in [1.807, 2.05) is 10.8 Å². The van der Waals surface area contributed by atoms with Crippen molar-refractivity contribution in [3.63, 3.8) is 0 Å². The van der Waals surface area contributed by atoms with Gasteiger partial charge in [0.25, 0.3) is 5.56 Å². The molecule has 1 N–H and O–H groups in total. The first-order valence-corrected chi connectivity index (χ1v) is 7.64. The number of fused-ring (bicyclic) bond motifs is 1. The van der Waals surface area contributed by atoms with Crippen LogP contribution in [0.1, 0.15) is 32.7 Å². The molecule has 1 aliphatic carbocycles. The molecular formula is C15H22N4O. The van der Waals surface area contributed by atoms with Gasteiger partial charge in [-0.25, -0.2) is 4.98 Å². The van der Waals surface area contributed by atoms with Gasteiger partial charge in [0.2, 0.25) is 0 Å². The van der Waals surface area contributed by atoms with Crippen LogP contribution in [-0.4, -0.2) is 34.7 Å². The van der Waals surface area contributed by atoms with Crippen LogP contribution < -0.4 is 15.8 Å². The summed E-state index contributed by atoms with van der Waals surface area (Å²) in [4.78, 5) is 19.4. The number of hydrogen-bond donors (Lipinski definition) is 1. The lowest BCUT2D eigenvalue weighted by Crippen LogP contribution is -2.47. The minimum absolute atomic E-state index is 0.00304. The lowest BCUT2D eigenvalue weighted by Gasteiger charge is -2.36. The second kappa shape index (κ2) is 4.07. The van der Waals surface area contributed by atoms with Crippen molar-refractivity contribution in [3.8, 4) is 0 Å². The fourth-order valence-corrected chi connectivity index (χ4v) is 4.02. The Bertz CT molecular complexity index is 590. The molecule has 2 saturated heterocycles. The highest BCUT2D eigenvalue weighted by Crippen LogP contribution is 2.42. The lowest BCUT2D eigenvalue weighted by atomic mass is 9.85. The lowest BCUT2D eigenvalue weighted by molar-refractivity contribution is 0.355. The third-order valence-electron chi connectivity index (χ3n) is 5.41. The summed E-state index contributed by atoms with van der Waals surface area (Å²) in [6.07, 6.45) is 5.89. The van der Waals surface area contributed by atoms with Crippen molar-refractivity contribution in [2.45, 2.75) is 38.3 Å². The van der Waals surface area contributed by atoms with E-state index in [2.05, 4.69) is 29.0 Å². The van der Waals surface area contributed by atoms with Gasteiger partial charge in [0, 0.05) is 43.6 Å². The minimum atomic E-state index is 0.00304. The van der Waals surface area contributed by atoms with Crippen LogP contribution in [0.2, 0.25) is 0 Å². The molecule has 2 aliphatic heterocycles. The summed E-state index contributed by atoms with van der Waals surface area (Å²) in [5.74, 6) is 1.90. The SMILES string of the molecule is CC1(C)C2CNCC2CN1c1nccn(C2CC2)c1=O. The van der Waals surface area contributed by atoms with Crippen LogP contribution >= 0.6 is 0 Å². The smallest absolute Gasteiger partial charge is 0.293 e. The summed E-state index contributed by atoms with van der Waals surface area (Å²) in [6.45, 7) is 7.56. The van der Waals surface area contributed by atoms with Crippen molar-refractivity contribution in [2.24, 2.45) is 11.8 Å². The Balaban J connectivity index is 1.74. The van der Waals surface area contributed by atoms with Crippen molar-refractivity contribution in [3.05, 3.63) is 22.7 Å². The van der Waals surface area contributed by atoms with Crippen LogP contribution in [0.15, 0.2) is 17.2 Å². The van der Waals surface area contributed by atoms with E-state index in [-0.39, 0.29) is 11.1 Å². The first-order valence-electron chi connectivity index (χ1n) is 7.64. The average molecular weight is 274 g/mol. The van der Waals surface area contributed by atoms with E-state index in [0.29, 0.717) is 23.7 Å². The maximum atomic E-state index is 12.7. The van der Waals surface area contributed by atoms with E-state index < -0.39 is 0 Å². The molecule has 3 aliphatic rings. The summed E-state index contributed by atoms with van der Waals surface area (Å²) in [5, 5.41) is 3.48. The Morgan fingerprint density at radius 1 is 1.35 bits per heavy atom. The molecule has 3 fully saturated rings. The molecular weight excluding hydrogens is 252 g/mol. The number of anilines is 1. The van der Waals surface area contributed by atoms with E-state index in [9.17, 15) is 4.79 Å². The van der Waals surface area contributed by atoms with Crippen LogP contribution in [0.25, 0.3) is 0 Å². The van der Waals surface area contributed by atoms with Crippen molar-refractivity contribution < 1.29 is 0 Å². The monoisotopic (exact) mass is 274 g/mol. The molecule has 1 aromatic rings. The van der Waals surface area contributed by atoms with E-state index >= 15 is 0 Å². The van der Waals surface area contributed by atoms with Gasteiger partial charge in [0.15, 0.2) is 5.82 Å². The summed E-state index contributed by atoms with van der Waals surface area (Å²) in [6, 6.07) is 0.413. The van der Waals surface area contributed by atoms with Gasteiger partial charge in [-0.2, -0.15) is 0 Å². The fraction of sp³-hybridized carbons (Fsp3) is 0.733. The van der Waals surface area contributed by atoms with E-state index in [4.69, 9.17) is 0 Å². The van der Waals surface area contributed by atoms with Crippen molar-refractivity contribution in [1.29, 1.82) is 0 Å². The highest BCUT2D eigenvalue weighted by atomic mass is 16.1. The molecule has 0 bridgehead atoms.